The summed E-state index contributed by atoms with van der Waals surface area (Å²) < 4.78 is 5.17. The first-order chi connectivity index (χ1) is 11.2. The lowest BCUT2D eigenvalue weighted by Crippen LogP contribution is -2.18. The zero-order valence-electron chi connectivity index (χ0n) is 13.4. The number of likely N-dealkylation sites (tertiary alicyclic amines) is 1. The number of nitrogens with one attached hydrogen (secondary N) is 1. The van der Waals surface area contributed by atoms with E-state index in [1.807, 2.05) is 42.5 Å². The van der Waals surface area contributed by atoms with Crippen molar-refractivity contribution in [3.63, 3.8) is 0 Å². The Hall–Kier alpha value is -2.33. The van der Waals surface area contributed by atoms with Gasteiger partial charge in [-0.2, -0.15) is 0 Å². The van der Waals surface area contributed by atoms with Crippen LogP contribution in [0.3, 0.4) is 0 Å². The number of ether oxygens (including phenoxy) is 1. The largest absolute Gasteiger partial charge is 0.497 e. The molecule has 1 N–H and O–H groups in total. The molecule has 1 amide bonds. The van der Waals surface area contributed by atoms with Crippen LogP contribution in [0.4, 0.5) is 5.69 Å². The molecule has 120 valence electrons. The first kappa shape index (κ1) is 15.6. The van der Waals surface area contributed by atoms with E-state index in [1.54, 1.807) is 13.2 Å². The molecule has 1 fully saturated rings. The highest BCUT2D eigenvalue weighted by atomic mass is 16.5. The van der Waals surface area contributed by atoms with Crippen LogP contribution in [-0.4, -0.2) is 31.0 Å². The molecule has 4 nitrogen and oxygen atoms in total. The molecular weight excluding hydrogens is 288 g/mol. The van der Waals surface area contributed by atoms with Gasteiger partial charge >= 0.3 is 0 Å². The number of nitrogens with zero attached hydrogens (tertiary/aromatic N) is 1. The molecule has 0 aliphatic carbocycles. The van der Waals surface area contributed by atoms with Gasteiger partial charge < -0.3 is 10.1 Å². The molecule has 1 saturated heterocycles. The standard InChI is InChI=1S/C19H22N2O2/c1-23-18-6-4-5-17(13-18)20-19(22)16-9-7-15(8-10-16)14-21-11-2-3-12-21/h4-10,13H,2-3,11-12,14H2,1H3,(H,20,22). The first-order valence-corrected chi connectivity index (χ1v) is 8.01. The molecule has 0 unspecified atom stereocenters. The van der Waals surface area contributed by atoms with Crippen LogP contribution in [0, 0.1) is 0 Å². The summed E-state index contributed by atoms with van der Waals surface area (Å²) in [6, 6.07) is 15.2. The summed E-state index contributed by atoms with van der Waals surface area (Å²) in [7, 11) is 1.61. The van der Waals surface area contributed by atoms with Gasteiger partial charge in [0.2, 0.25) is 0 Å². The second kappa shape index (κ2) is 7.29. The highest BCUT2D eigenvalue weighted by molar-refractivity contribution is 6.04. The Morgan fingerprint density at radius 3 is 2.57 bits per heavy atom. The van der Waals surface area contributed by atoms with Crippen LogP contribution in [0.5, 0.6) is 5.75 Å². The Labute approximate surface area is 137 Å². The molecule has 3 rings (SSSR count). The van der Waals surface area contributed by atoms with Crippen molar-refractivity contribution in [1.29, 1.82) is 0 Å². The van der Waals surface area contributed by atoms with Crippen molar-refractivity contribution in [2.24, 2.45) is 0 Å². The van der Waals surface area contributed by atoms with E-state index < -0.39 is 0 Å². The van der Waals surface area contributed by atoms with Gasteiger partial charge in [-0.25, -0.2) is 0 Å². The number of carbonyl (C=O) groups is 1. The van der Waals surface area contributed by atoms with Crippen LogP contribution in [0.25, 0.3) is 0 Å². The van der Waals surface area contributed by atoms with Crippen LogP contribution < -0.4 is 10.1 Å². The number of carbonyl (C=O) groups excluding carboxylic acids is 1. The van der Waals surface area contributed by atoms with Gasteiger partial charge in [0.15, 0.2) is 0 Å². The molecule has 2 aromatic rings. The lowest BCUT2D eigenvalue weighted by atomic mass is 10.1. The maximum Gasteiger partial charge on any atom is 0.255 e. The van der Waals surface area contributed by atoms with Gasteiger partial charge in [-0.05, 0) is 55.8 Å². The van der Waals surface area contributed by atoms with Crippen LogP contribution >= 0.6 is 0 Å². The van der Waals surface area contributed by atoms with E-state index in [4.69, 9.17) is 4.74 Å². The van der Waals surface area contributed by atoms with E-state index in [1.165, 1.54) is 31.5 Å². The fraction of sp³-hybridized carbons (Fsp3) is 0.316. The molecule has 0 atom stereocenters. The molecule has 0 radical (unpaired) electrons. The Balaban J connectivity index is 1.62. The molecule has 2 aromatic carbocycles. The van der Waals surface area contributed by atoms with Crippen LogP contribution in [0.15, 0.2) is 48.5 Å². The van der Waals surface area contributed by atoms with Crippen LogP contribution in [-0.2, 0) is 6.54 Å². The Morgan fingerprint density at radius 1 is 1.13 bits per heavy atom. The van der Waals surface area contributed by atoms with Crippen molar-refractivity contribution in [3.8, 4) is 5.75 Å². The van der Waals surface area contributed by atoms with Gasteiger partial charge in [-0.1, -0.05) is 18.2 Å². The maximum absolute atomic E-state index is 12.3. The predicted molar refractivity (Wildman–Crippen MR) is 91.9 cm³/mol. The fourth-order valence-electron chi connectivity index (χ4n) is 2.86. The molecule has 4 heteroatoms. The van der Waals surface area contributed by atoms with E-state index in [0.29, 0.717) is 5.56 Å². The smallest absolute Gasteiger partial charge is 0.255 e. The van der Waals surface area contributed by atoms with E-state index >= 15 is 0 Å². The molecule has 0 aromatic heterocycles. The second-order valence-corrected chi connectivity index (χ2v) is 5.87. The number of hydrogen-bond donors (Lipinski definition) is 1. The van der Waals surface area contributed by atoms with Crippen LogP contribution in [0.1, 0.15) is 28.8 Å². The Bertz CT molecular complexity index is 661. The normalized spacial score (nSPS) is 14.7. The number of benzene rings is 2. The summed E-state index contributed by atoms with van der Waals surface area (Å²) in [5, 5.41) is 2.90. The van der Waals surface area contributed by atoms with E-state index in [0.717, 1.165) is 18.0 Å². The zero-order valence-corrected chi connectivity index (χ0v) is 13.4. The fourth-order valence-corrected chi connectivity index (χ4v) is 2.86. The van der Waals surface area contributed by atoms with Gasteiger partial charge in [0.05, 0.1) is 7.11 Å². The Kier molecular flexibility index (Phi) is 4.93. The third-order valence-corrected chi connectivity index (χ3v) is 4.15. The van der Waals surface area contributed by atoms with Crippen molar-refractivity contribution in [2.45, 2.75) is 19.4 Å². The van der Waals surface area contributed by atoms with Gasteiger partial charge in [-0.15, -0.1) is 0 Å². The maximum atomic E-state index is 12.3. The minimum absolute atomic E-state index is 0.106. The zero-order chi connectivity index (χ0) is 16.1. The van der Waals surface area contributed by atoms with E-state index in [2.05, 4.69) is 10.2 Å². The summed E-state index contributed by atoms with van der Waals surface area (Å²) in [4.78, 5) is 14.8. The monoisotopic (exact) mass is 310 g/mol. The lowest BCUT2D eigenvalue weighted by molar-refractivity contribution is 0.102. The summed E-state index contributed by atoms with van der Waals surface area (Å²) >= 11 is 0. The van der Waals surface area contributed by atoms with Crippen LogP contribution in [0.2, 0.25) is 0 Å². The quantitative estimate of drug-likeness (QED) is 0.918. The van der Waals surface area contributed by atoms with Crippen molar-refractivity contribution in [1.82, 2.24) is 4.90 Å². The third kappa shape index (κ3) is 4.11. The van der Waals surface area contributed by atoms with Crippen molar-refractivity contribution in [3.05, 3.63) is 59.7 Å². The molecule has 1 aliphatic rings. The molecule has 1 aliphatic heterocycles. The van der Waals surface area contributed by atoms with Gasteiger partial charge in [0.25, 0.3) is 5.91 Å². The molecule has 0 bridgehead atoms. The SMILES string of the molecule is COc1cccc(NC(=O)c2ccc(CN3CCCC3)cc2)c1. The number of hydrogen-bond acceptors (Lipinski definition) is 3. The molecule has 0 saturated carbocycles. The number of anilines is 1. The summed E-state index contributed by atoms with van der Waals surface area (Å²) in [5.41, 5.74) is 2.65. The number of amides is 1. The number of rotatable bonds is 5. The van der Waals surface area contributed by atoms with Gasteiger partial charge in [-0.3, -0.25) is 9.69 Å². The van der Waals surface area contributed by atoms with Crippen molar-refractivity contribution in [2.75, 3.05) is 25.5 Å². The van der Waals surface area contributed by atoms with E-state index in [9.17, 15) is 4.79 Å². The highest BCUT2D eigenvalue weighted by Gasteiger charge is 2.12. The van der Waals surface area contributed by atoms with Gasteiger partial charge in [0, 0.05) is 23.9 Å². The van der Waals surface area contributed by atoms with Gasteiger partial charge in [0.1, 0.15) is 5.75 Å². The first-order valence-electron chi connectivity index (χ1n) is 8.01. The molecule has 0 spiro atoms. The van der Waals surface area contributed by atoms with Crippen molar-refractivity contribution >= 4 is 11.6 Å². The topological polar surface area (TPSA) is 41.6 Å². The minimum Gasteiger partial charge on any atom is -0.497 e. The second-order valence-electron chi connectivity index (χ2n) is 5.87. The summed E-state index contributed by atoms with van der Waals surface area (Å²) in [5.74, 6) is 0.620. The number of methoxy groups -OCH3 is 1. The third-order valence-electron chi connectivity index (χ3n) is 4.15. The Morgan fingerprint density at radius 2 is 1.87 bits per heavy atom. The summed E-state index contributed by atoms with van der Waals surface area (Å²) in [6.45, 7) is 3.33. The predicted octanol–water partition coefficient (Wildman–Crippen LogP) is 3.54. The summed E-state index contributed by atoms with van der Waals surface area (Å²) in [6.07, 6.45) is 2.59. The molecule has 1 heterocycles. The molecule has 23 heavy (non-hydrogen) atoms. The average Bonchev–Trinajstić information content (AvgIpc) is 3.08. The van der Waals surface area contributed by atoms with Crippen molar-refractivity contribution < 1.29 is 9.53 Å². The minimum atomic E-state index is -0.106. The highest BCUT2D eigenvalue weighted by Crippen LogP contribution is 2.18. The lowest BCUT2D eigenvalue weighted by Gasteiger charge is -2.14. The van der Waals surface area contributed by atoms with E-state index in [-0.39, 0.29) is 5.91 Å². The average molecular weight is 310 g/mol. The molecular formula is C19H22N2O2.